The van der Waals surface area contributed by atoms with E-state index in [-0.39, 0.29) is 6.54 Å². The van der Waals surface area contributed by atoms with Gasteiger partial charge < -0.3 is 10.6 Å². The van der Waals surface area contributed by atoms with Crippen LogP contribution in [0.25, 0.3) is 0 Å². The zero-order valence-electron chi connectivity index (χ0n) is 11.6. The van der Waals surface area contributed by atoms with Gasteiger partial charge in [-0.3, -0.25) is 19.4 Å². The predicted molar refractivity (Wildman–Crippen MR) is 78.9 cm³/mol. The van der Waals surface area contributed by atoms with Crippen LogP contribution in [0.1, 0.15) is 17.0 Å². The van der Waals surface area contributed by atoms with Gasteiger partial charge in [-0.15, -0.1) is 0 Å². The molecule has 0 saturated heterocycles. The molecular formula is C16H13N3O3. The molecule has 0 aliphatic carbocycles. The Kier molecular flexibility index (Phi) is 3.65. The predicted octanol–water partition coefficient (Wildman–Crippen LogP) is 1.00. The van der Waals surface area contributed by atoms with Crippen LogP contribution in [0.2, 0.25) is 0 Å². The minimum Gasteiger partial charge on any atom is -0.345 e. The number of hydrogen-bond acceptors (Lipinski definition) is 4. The molecule has 3 rings (SSSR count). The average Bonchev–Trinajstić information content (AvgIpc) is 2.88. The number of carbonyl (C=O) groups excluding carboxylic acids is 3. The third kappa shape index (κ3) is 2.58. The normalized spacial score (nSPS) is 15.8. The summed E-state index contributed by atoms with van der Waals surface area (Å²) in [6, 6.07) is 10.4. The third-order valence-corrected chi connectivity index (χ3v) is 3.45. The second-order valence-electron chi connectivity index (χ2n) is 4.92. The molecular weight excluding hydrogens is 282 g/mol. The Bertz CT molecular complexity index is 743. The summed E-state index contributed by atoms with van der Waals surface area (Å²) in [5, 5.41) is 5.13. The maximum atomic E-state index is 12.3. The SMILES string of the molecule is O=C(NCc1cccnc1)C(=O)[C@H]1C(=O)Nc2ccccc21. The van der Waals surface area contributed by atoms with E-state index in [1.54, 1.807) is 48.8 Å². The zero-order chi connectivity index (χ0) is 15.5. The maximum absolute atomic E-state index is 12.3. The summed E-state index contributed by atoms with van der Waals surface area (Å²) < 4.78 is 0. The summed E-state index contributed by atoms with van der Waals surface area (Å²) in [5.41, 5.74) is 1.89. The van der Waals surface area contributed by atoms with E-state index in [0.29, 0.717) is 11.3 Å². The van der Waals surface area contributed by atoms with Crippen molar-refractivity contribution in [2.75, 3.05) is 5.32 Å². The number of nitrogens with one attached hydrogen (secondary N) is 2. The molecule has 2 N–H and O–H groups in total. The minimum absolute atomic E-state index is 0.189. The number of pyridine rings is 1. The number of para-hydroxylation sites is 1. The number of anilines is 1. The summed E-state index contributed by atoms with van der Waals surface area (Å²) >= 11 is 0. The number of Topliss-reactive ketones (excluding diaryl/α,β-unsaturated/α-hetero) is 1. The molecule has 0 radical (unpaired) electrons. The number of hydrogen-bond donors (Lipinski definition) is 2. The van der Waals surface area contributed by atoms with E-state index in [1.165, 1.54) is 0 Å². The molecule has 0 spiro atoms. The van der Waals surface area contributed by atoms with Crippen molar-refractivity contribution < 1.29 is 14.4 Å². The number of nitrogens with zero attached hydrogens (tertiary/aromatic N) is 1. The fourth-order valence-electron chi connectivity index (χ4n) is 2.37. The van der Waals surface area contributed by atoms with Crippen LogP contribution in [-0.4, -0.2) is 22.6 Å². The lowest BCUT2D eigenvalue weighted by molar-refractivity contribution is -0.140. The highest BCUT2D eigenvalue weighted by atomic mass is 16.2. The molecule has 0 bridgehead atoms. The fraction of sp³-hybridized carbons (Fsp3) is 0.125. The van der Waals surface area contributed by atoms with E-state index in [2.05, 4.69) is 15.6 Å². The van der Waals surface area contributed by atoms with Gasteiger partial charge in [0.2, 0.25) is 11.7 Å². The second kappa shape index (κ2) is 5.77. The standard InChI is InChI=1S/C16H13N3O3/c20-14(16(22)18-9-10-4-3-7-17-8-10)13-11-5-1-2-6-12(11)19-15(13)21/h1-8,13H,9H2,(H,18,22)(H,19,21)/t13-/m0/s1. The first kappa shape index (κ1) is 13.9. The van der Waals surface area contributed by atoms with Crippen LogP contribution >= 0.6 is 0 Å². The molecule has 2 heterocycles. The van der Waals surface area contributed by atoms with Crippen LogP contribution in [0.3, 0.4) is 0 Å². The highest BCUT2D eigenvalue weighted by molar-refractivity contribution is 6.44. The Balaban J connectivity index is 1.71. The van der Waals surface area contributed by atoms with Crippen LogP contribution in [0, 0.1) is 0 Å². The first-order valence-electron chi connectivity index (χ1n) is 6.77. The van der Waals surface area contributed by atoms with Gasteiger partial charge in [0.05, 0.1) is 0 Å². The van der Waals surface area contributed by atoms with E-state index in [1.807, 2.05) is 0 Å². The first-order chi connectivity index (χ1) is 10.7. The molecule has 0 fully saturated rings. The summed E-state index contributed by atoms with van der Waals surface area (Å²) in [6.45, 7) is 0.189. The van der Waals surface area contributed by atoms with Gasteiger partial charge in [-0.2, -0.15) is 0 Å². The molecule has 22 heavy (non-hydrogen) atoms. The largest absolute Gasteiger partial charge is 0.345 e. The topological polar surface area (TPSA) is 88.2 Å². The number of ketones is 1. The molecule has 2 aromatic rings. The summed E-state index contributed by atoms with van der Waals surface area (Å²) in [5.74, 6) is -3.08. The lowest BCUT2D eigenvalue weighted by Gasteiger charge is -2.08. The van der Waals surface area contributed by atoms with Gasteiger partial charge >= 0.3 is 0 Å². The van der Waals surface area contributed by atoms with E-state index >= 15 is 0 Å². The summed E-state index contributed by atoms with van der Waals surface area (Å²) in [4.78, 5) is 40.1. The van der Waals surface area contributed by atoms with Gasteiger partial charge in [0.1, 0.15) is 5.92 Å². The monoisotopic (exact) mass is 295 g/mol. The minimum atomic E-state index is -1.08. The molecule has 6 nitrogen and oxygen atoms in total. The maximum Gasteiger partial charge on any atom is 0.288 e. The number of rotatable bonds is 4. The van der Waals surface area contributed by atoms with Crippen LogP contribution in [0.5, 0.6) is 0 Å². The zero-order valence-corrected chi connectivity index (χ0v) is 11.6. The van der Waals surface area contributed by atoms with Gasteiger partial charge in [0, 0.05) is 24.6 Å². The van der Waals surface area contributed by atoms with E-state index in [9.17, 15) is 14.4 Å². The molecule has 0 saturated carbocycles. The van der Waals surface area contributed by atoms with Gasteiger partial charge in [0.25, 0.3) is 5.91 Å². The summed E-state index contributed by atoms with van der Waals surface area (Å²) in [6.07, 6.45) is 3.22. The molecule has 110 valence electrons. The van der Waals surface area contributed by atoms with Crippen LogP contribution in [-0.2, 0) is 20.9 Å². The third-order valence-electron chi connectivity index (χ3n) is 3.45. The quantitative estimate of drug-likeness (QED) is 0.650. The van der Waals surface area contributed by atoms with Crippen molar-refractivity contribution in [2.24, 2.45) is 0 Å². The van der Waals surface area contributed by atoms with Crippen molar-refractivity contribution in [3.05, 3.63) is 59.9 Å². The van der Waals surface area contributed by atoms with E-state index < -0.39 is 23.5 Å². The second-order valence-corrected chi connectivity index (χ2v) is 4.92. The van der Waals surface area contributed by atoms with E-state index in [4.69, 9.17) is 0 Å². The average molecular weight is 295 g/mol. The van der Waals surface area contributed by atoms with Crippen LogP contribution in [0.15, 0.2) is 48.8 Å². The molecule has 0 unspecified atom stereocenters. The summed E-state index contributed by atoms with van der Waals surface area (Å²) in [7, 11) is 0. The number of fused-ring (bicyclic) bond motifs is 1. The Morgan fingerprint density at radius 3 is 2.77 bits per heavy atom. The lowest BCUT2D eigenvalue weighted by atomic mass is 9.95. The molecule has 2 amide bonds. The number of aromatic nitrogens is 1. The Hall–Kier alpha value is -3.02. The molecule has 1 aliphatic rings. The van der Waals surface area contributed by atoms with Crippen LogP contribution in [0.4, 0.5) is 5.69 Å². The van der Waals surface area contributed by atoms with Gasteiger partial charge in [-0.25, -0.2) is 0 Å². The first-order valence-corrected chi connectivity index (χ1v) is 6.77. The van der Waals surface area contributed by atoms with Crippen molar-refractivity contribution >= 4 is 23.3 Å². The van der Waals surface area contributed by atoms with Gasteiger partial charge in [0.15, 0.2) is 0 Å². The Morgan fingerprint density at radius 2 is 2.00 bits per heavy atom. The molecule has 1 aromatic carbocycles. The molecule has 1 atom stereocenters. The van der Waals surface area contributed by atoms with Gasteiger partial charge in [-0.1, -0.05) is 24.3 Å². The Morgan fingerprint density at radius 1 is 1.18 bits per heavy atom. The molecule has 6 heteroatoms. The van der Waals surface area contributed by atoms with Crippen molar-refractivity contribution in [1.82, 2.24) is 10.3 Å². The lowest BCUT2D eigenvalue weighted by Crippen LogP contribution is -2.36. The van der Waals surface area contributed by atoms with Gasteiger partial charge in [-0.05, 0) is 23.3 Å². The fourth-order valence-corrected chi connectivity index (χ4v) is 2.37. The number of amides is 2. The molecule has 1 aromatic heterocycles. The number of carbonyl (C=O) groups is 3. The highest BCUT2D eigenvalue weighted by Gasteiger charge is 2.39. The van der Waals surface area contributed by atoms with Crippen molar-refractivity contribution in [3.63, 3.8) is 0 Å². The van der Waals surface area contributed by atoms with Crippen LogP contribution < -0.4 is 10.6 Å². The highest BCUT2D eigenvalue weighted by Crippen LogP contribution is 2.32. The van der Waals surface area contributed by atoms with Crippen molar-refractivity contribution in [2.45, 2.75) is 12.5 Å². The number of benzene rings is 1. The van der Waals surface area contributed by atoms with E-state index in [0.717, 1.165) is 5.56 Å². The Labute approximate surface area is 126 Å². The van der Waals surface area contributed by atoms with Crippen molar-refractivity contribution in [1.29, 1.82) is 0 Å². The molecule has 1 aliphatic heterocycles. The van der Waals surface area contributed by atoms with Crippen molar-refractivity contribution in [3.8, 4) is 0 Å². The smallest absolute Gasteiger partial charge is 0.288 e.